The van der Waals surface area contributed by atoms with Crippen molar-refractivity contribution in [1.29, 1.82) is 0 Å². The van der Waals surface area contributed by atoms with Gasteiger partial charge in [-0.25, -0.2) is 4.57 Å². The molecule has 0 aliphatic carbocycles. The van der Waals surface area contributed by atoms with E-state index in [1.807, 2.05) is 18.2 Å². The summed E-state index contributed by atoms with van der Waals surface area (Å²) in [5.41, 5.74) is 0. The fourth-order valence-electron chi connectivity index (χ4n) is 2.44. The lowest BCUT2D eigenvalue weighted by Crippen LogP contribution is -2.07. The highest BCUT2D eigenvalue weighted by Crippen LogP contribution is 2.50. The molecule has 3 aromatic carbocycles. The Balaban J connectivity index is 0.000000298. The molecule has 0 amide bonds. The Labute approximate surface area is 231 Å². The zero-order chi connectivity index (χ0) is 26.8. The number of hydrogen-bond acceptors (Lipinski definition) is 8. The van der Waals surface area contributed by atoms with E-state index in [1.165, 1.54) is 0 Å². The maximum atomic E-state index is 13.1. The Morgan fingerprint density at radius 1 is 0.459 bits per heavy atom. The molecule has 0 saturated heterocycles. The number of hydrogen-bond donors (Lipinski definition) is 0. The number of rotatable bonds is 15. The topological polar surface area (TPSA) is 89.5 Å². The molecule has 0 aliphatic heterocycles. The van der Waals surface area contributed by atoms with Gasteiger partial charge in [-0.05, 0) is 36.4 Å². The van der Waals surface area contributed by atoms with E-state index in [0.717, 1.165) is 0 Å². The first-order chi connectivity index (χ1) is 17.9. The lowest BCUT2D eigenvalue weighted by molar-refractivity contribution is 0.128. The van der Waals surface area contributed by atoms with Gasteiger partial charge in [0.1, 0.15) is 17.2 Å². The van der Waals surface area contributed by atoms with Crippen molar-refractivity contribution in [3.05, 3.63) is 91.0 Å². The molecule has 37 heavy (non-hydrogen) atoms. The predicted octanol–water partition coefficient (Wildman–Crippen LogP) is 8.19. The van der Waals surface area contributed by atoms with Crippen LogP contribution in [0.5, 0.6) is 17.2 Å². The number of para-hydroxylation sites is 3. The van der Waals surface area contributed by atoms with E-state index in [2.05, 4.69) is 0 Å². The van der Waals surface area contributed by atoms with Gasteiger partial charge < -0.3 is 13.6 Å². The highest BCUT2D eigenvalue weighted by atomic mass is 35.5. The molecule has 8 nitrogen and oxygen atoms in total. The number of phosphoric acid groups is 2. The molecule has 0 aliphatic rings. The van der Waals surface area contributed by atoms with Gasteiger partial charge in [0.15, 0.2) is 0 Å². The normalized spacial score (nSPS) is 11.2. The molecule has 202 valence electrons. The van der Waals surface area contributed by atoms with Crippen molar-refractivity contribution in [2.45, 2.75) is 0 Å². The summed E-state index contributed by atoms with van der Waals surface area (Å²) in [4.78, 5) is 0. The SMILES string of the molecule is O=P(OCCCl)(OCCCl)OCCCl.O=P(Oc1ccccc1)(Oc1ccccc1)Oc1ccccc1. The monoisotopic (exact) mass is 610 g/mol. The van der Waals surface area contributed by atoms with Gasteiger partial charge in [-0.1, -0.05) is 54.6 Å². The summed E-state index contributed by atoms with van der Waals surface area (Å²) in [5.74, 6) is 1.84. The van der Waals surface area contributed by atoms with Crippen molar-refractivity contribution < 1.29 is 36.3 Å². The molecule has 0 saturated carbocycles. The van der Waals surface area contributed by atoms with Crippen LogP contribution in [0.15, 0.2) is 91.0 Å². The van der Waals surface area contributed by atoms with Gasteiger partial charge in [-0.15, -0.1) is 34.8 Å². The van der Waals surface area contributed by atoms with E-state index in [0.29, 0.717) is 17.2 Å². The summed E-state index contributed by atoms with van der Waals surface area (Å²) in [7, 11) is -7.41. The minimum absolute atomic E-state index is 0.0867. The van der Waals surface area contributed by atoms with Gasteiger partial charge in [-0.3, -0.25) is 13.6 Å². The molecular formula is C24H27Cl3O8P2. The Kier molecular flexibility index (Phi) is 15.1. The van der Waals surface area contributed by atoms with Crippen LogP contribution < -0.4 is 13.6 Å². The van der Waals surface area contributed by atoms with E-state index in [4.69, 9.17) is 61.9 Å². The Morgan fingerprint density at radius 2 is 0.730 bits per heavy atom. The predicted molar refractivity (Wildman–Crippen MR) is 146 cm³/mol. The maximum Gasteiger partial charge on any atom is 0.647 e. The summed E-state index contributed by atoms with van der Waals surface area (Å²) in [6.07, 6.45) is 0. The van der Waals surface area contributed by atoms with Crippen LogP contribution in [-0.4, -0.2) is 37.5 Å². The molecule has 0 atom stereocenters. The zero-order valence-corrected chi connectivity index (χ0v) is 23.8. The Bertz CT molecular complexity index is 958. The molecule has 3 aromatic rings. The van der Waals surface area contributed by atoms with E-state index in [-0.39, 0.29) is 37.5 Å². The van der Waals surface area contributed by atoms with Crippen LogP contribution in [0.1, 0.15) is 0 Å². The second-order valence-corrected chi connectivity index (χ2v) is 10.9. The minimum Gasteiger partial charge on any atom is -0.386 e. The van der Waals surface area contributed by atoms with Crippen molar-refractivity contribution >= 4 is 50.4 Å². The smallest absolute Gasteiger partial charge is 0.386 e. The van der Waals surface area contributed by atoms with Gasteiger partial charge in [0, 0.05) is 17.6 Å². The zero-order valence-electron chi connectivity index (χ0n) is 19.7. The standard InChI is InChI=1S/C18H15O4P.C6H12Cl3O4P/c19-23(20-16-10-4-1-5-11-16,21-17-12-6-2-7-13-17)22-18-14-8-3-9-15-18;7-1-4-11-14(10,12-5-2-8)13-6-3-9/h1-15H;1-6H2. The van der Waals surface area contributed by atoms with Gasteiger partial charge in [0.25, 0.3) is 0 Å². The Morgan fingerprint density at radius 3 is 0.973 bits per heavy atom. The van der Waals surface area contributed by atoms with Gasteiger partial charge in [0.2, 0.25) is 0 Å². The van der Waals surface area contributed by atoms with Crippen molar-refractivity contribution in [1.82, 2.24) is 0 Å². The summed E-state index contributed by atoms with van der Waals surface area (Å²) in [6.45, 7) is 0.260. The quantitative estimate of drug-likeness (QED) is 0.126. The summed E-state index contributed by atoms with van der Waals surface area (Å²) >= 11 is 16.1. The molecule has 0 bridgehead atoms. The maximum absolute atomic E-state index is 13.1. The van der Waals surface area contributed by atoms with Crippen molar-refractivity contribution in [2.24, 2.45) is 0 Å². The first-order valence-corrected chi connectivity index (χ1v) is 15.5. The van der Waals surface area contributed by atoms with Crippen LogP contribution in [0.25, 0.3) is 0 Å². The van der Waals surface area contributed by atoms with E-state index < -0.39 is 15.6 Å². The minimum atomic E-state index is -3.89. The van der Waals surface area contributed by atoms with E-state index in [9.17, 15) is 9.13 Å². The molecule has 0 unspecified atom stereocenters. The number of halogens is 3. The number of benzene rings is 3. The lowest BCUT2D eigenvalue weighted by Gasteiger charge is -2.19. The average molecular weight is 612 g/mol. The highest BCUT2D eigenvalue weighted by Gasteiger charge is 2.33. The molecular weight excluding hydrogens is 585 g/mol. The van der Waals surface area contributed by atoms with E-state index in [1.54, 1.807) is 72.8 Å². The van der Waals surface area contributed by atoms with Crippen molar-refractivity contribution in [2.75, 3.05) is 37.5 Å². The third kappa shape index (κ3) is 13.1. The number of alkyl halides is 3. The van der Waals surface area contributed by atoms with Crippen LogP contribution >= 0.6 is 50.4 Å². The molecule has 13 heteroatoms. The van der Waals surface area contributed by atoms with Crippen molar-refractivity contribution in [3.8, 4) is 17.2 Å². The summed E-state index contributed by atoms with van der Waals surface area (Å²) in [5, 5.41) is 0. The second-order valence-electron chi connectivity index (χ2n) is 6.67. The van der Waals surface area contributed by atoms with Crippen LogP contribution in [0, 0.1) is 0 Å². The summed E-state index contributed by atoms with van der Waals surface area (Å²) < 4.78 is 55.8. The molecule has 0 N–H and O–H groups in total. The molecule has 0 radical (unpaired) electrons. The van der Waals surface area contributed by atoms with Crippen LogP contribution in [0.3, 0.4) is 0 Å². The van der Waals surface area contributed by atoms with Crippen LogP contribution in [0.4, 0.5) is 0 Å². The molecule has 0 fully saturated rings. The molecule has 0 heterocycles. The lowest BCUT2D eigenvalue weighted by atomic mass is 10.3. The first-order valence-electron chi connectivity index (χ1n) is 11.0. The van der Waals surface area contributed by atoms with Crippen LogP contribution in [-0.2, 0) is 22.7 Å². The number of phosphoric ester groups is 2. The third-order valence-corrected chi connectivity index (χ3v) is 7.12. The fraction of sp³-hybridized carbons (Fsp3) is 0.250. The highest BCUT2D eigenvalue weighted by molar-refractivity contribution is 7.49. The van der Waals surface area contributed by atoms with Gasteiger partial charge in [-0.2, -0.15) is 4.57 Å². The Hall–Kier alpha value is -1.73. The fourth-order valence-corrected chi connectivity index (χ4v) is 5.41. The largest absolute Gasteiger partial charge is 0.647 e. The van der Waals surface area contributed by atoms with Gasteiger partial charge >= 0.3 is 15.6 Å². The van der Waals surface area contributed by atoms with E-state index >= 15 is 0 Å². The van der Waals surface area contributed by atoms with Gasteiger partial charge in [0.05, 0.1) is 19.8 Å². The first kappa shape index (κ1) is 31.5. The summed E-state index contributed by atoms with van der Waals surface area (Å²) in [6, 6.07) is 26.4. The van der Waals surface area contributed by atoms with Crippen molar-refractivity contribution in [3.63, 3.8) is 0 Å². The molecule has 0 spiro atoms. The molecule has 0 aromatic heterocycles. The third-order valence-electron chi connectivity index (χ3n) is 3.86. The second kappa shape index (κ2) is 17.7. The average Bonchev–Trinajstić information content (AvgIpc) is 2.91. The molecule has 3 rings (SSSR count). The van der Waals surface area contributed by atoms with Crippen LogP contribution in [0.2, 0.25) is 0 Å².